The van der Waals surface area contributed by atoms with Crippen molar-refractivity contribution in [2.75, 3.05) is 6.54 Å². The maximum absolute atomic E-state index is 13.6. The summed E-state index contributed by atoms with van der Waals surface area (Å²) >= 11 is 5.80. The number of rotatable bonds is 5. The molecule has 2 N–H and O–H groups in total. The predicted octanol–water partition coefficient (Wildman–Crippen LogP) is 2.73. The molecule has 3 aromatic rings. The normalized spacial score (nSPS) is 12.1. The van der Waals surface area contributed by atoms with Crippen LogP contribution < -0.4 is 5.32 Å². The Labute approximate surface area is 146 Å². The zero-order valence-electron chi connectivity index (χ0n) is 12.8. The number of halogens is 2. The molecule has 8 heteroatoms. The minimum atomic E-state index is -1.08. The van der Waals surface area contributed by atoms with E-state index >= 15 is 0 Å². The van der Waals surface area contributed by atoms with E-state index in [-0.39, 0.29) is 17.9 Å². The fourth-order valence-corrected chi connectivity index (χ4v) is 2.54. The summed E-state index contributed by atoms with van der Waals surface area (Å²) in [6, 6.07) is 9.08. The number of nitrogens with zero attached hydrogens (tertiary/aromatic N) is 2. The molecule has 0 fully saturated rings. The summed E-state index contributed by atoms with van der Waals surface area (Å²) in [4.78, 5) is 27.6. The summed E-state index contributed by atoms with van der Waals surface area (Å²) < 4.78 is 15.0. The van der Waals surface area contributed by atoms with Crippen LogP contribution in [0.5, 0.6) is 0 Å². The number of carboxylic acid groups (broad SMARTS) is 1. The Bertz CT molecular complexity index is 940. The van der Waals surface area contributed by atoms with E-state index in [9.17, 15) is 19.1 Å². The quantitative estimate of drug-likeness (QED) is 0.732. The topological polar surface area (TPSA) is 83.7 Å². The third kappa shape index (κ3) is 3.61. The number of hydrogen-bond donors (Lipinski definition) is 2. The average Bonchev–Trinajstić information content (AvgIpc) is 3.02. The van der Waals surface area contributed by atoms with Crippen LogP contribution in [0.2, 0.25) is 5.02 Å². The van der Waals surface area contributed by atoms with Crippen molar-refractivity contribution >= 4 is 29.1 Å². The lowest BCUT2D eigenvalue weighted by Gasteiger charge is -2.13. The van der Waals surface area contributed by atoms with Crippen LogP contribution in [-0.4, -0.2) is 32.9 Å². The van der Waals surface area contributed by atoms with Gasteiger partial charge >= 0.3 is 5.97 Å². The van der Waals surface area contributed by atoms with E-state index in [1.54, 1.807) is 30.5 Å². The van der Waals surface area contributed by atoms with E-state index in [2.05, 4.69) is 10.3 Å². The zero-order valence-corrected chi connectivity index (χ0v) is 13.6. The fraction of sp³-hybridized carbons (Fsp3) is 0.118. The van der Waals surface area contributed by atoms with Crippen molar-refractivity contribution in [1.29, 1.82) is 0 Å². The molecule has 0 saturated heterocycles. The molecule has 0 saturated carbocycles. The first-order chi connectivity index (χ1) is 12.0. The van der Waals surface area contributed by atoms with Gasteiger partial charge in [0.1, 0.15) is 5.69 Å². The van der Waals surface area contributed by atoms with Crippen LogP contribution in [0.4, 0.5) is 4.39 Å². The van der Waals surface area contributed by atoms with Crippen molar-refractivity contribution < 1.29 is 19.1 Å². The van der Waals surface area contributed by atoms with Crippen LogP contribution in [0.15, 0.2) is 48.8 Å². The van der Waals surface area contributed by atoms with E-state index < -0.39 is 23.6 Å². The highest BCUT2D eigenvalue weighted by Crippen LogP contribution is 2.18. The molecule has 2 aromatic heterocycles. The standard InChI is InChI=1S/C17H13ClFN3O3/c18-11-5-3-10(4-6-11)12(17(24)25)8-20-16(23)14-9-22-7-1-2-13(19)15(22)21-14/h1-7,9,12H,8H2,(H,20,23)(H,24,25). The van der Waals surface area contributed by atoms with Gasteiger partial charge in [0, 0.05) is 24.0 Å². The van der Waals surface area contributed by atoms with Gasteiger partial charge in [0.05, 0.1) is 5.92 Å². The van der Waals surface area contributed by atoms with Gasteiger partial charge in [-0.15, -0.1) is 0 Å². The lowest BCUT2D eigenvalue weighted by molar-refractivity contribution is -0.138. The third-order valence-corrected chi connectivity index (χ3v) is 3.96. The van der Waals surface area contributed by atoms with Crippen LogP contribution in [0, 0.1) is 5.82 Å². The Kier molecular flexibility index (Phi) is 4.67. The molecule has 1 unspecified atom stereocenters. The number of carbonyl (C=O) groups excluding carboxylic acids is 1. The number of carboxylic acids is 1. The van der Waals surface area contributed by atoms with Crippen LogP contribution in [0.25, 0.3) is 5.65 Å². The van der Waals surface area contributed by atoms with Crippen molar-refractivity contribution in [1.82, 2.24) is 14.7 Å². The molecule has 0 aliphatic heterocycles. The van der Waals surface area contributed by atoms with Crippen LogP contribution in [0.3, 0.4) is 0 Å². The minimum Gasteiger partial charge on any atom is -0.481 e. The summed E-state index contributed by atoms with van der Waals surface area (Å²) in [6.45, 7) is -0.133. The molecule has 1 atom stereocenters. The van der Waals surface area contributed by atoms with Gasteiger partial charge in [0.2, 0.25) is 0 Å². The van der Waals surface area contributed by atoms with Gasteiger partial charge in [0.25, 0.3) is 5.91 Å². The van der Waals surface area contributed by atoms with Crippen LogP contribution in [0.1, 0.15) is 22.0 Å². The first kappa shape index (κ1) is 16.9. The molecule has 1 amide bonds. The van der Waals surface area contributed by atoms with E-state index in [1.165, 1.54) is 22.7 Å². The first-order valence-electron chi connectivity index (χ1n) is 7.35. The highest BCUT2D eigenvalue weighted by atomic mass is 35.5. The lowest BCUT2D eigenvalue weighted by Crippen LogP contribution is -2.31. The third-order valence-electron chi connectivity index (χ3n) is 3.70. The Morgan fingerprint density at radius 2 is 2.00 bits per heavy atom. The number of aliphatic carboxylic acids is 1. The second-order valence-corrected chi connectivity index (χ2v) is 5.80. The Hall–Kier alpha value is -2.93. The number of aromatic nitrogens is 2. The summed E-state index contributed by atoms with van der Waals surface area (Å²) in [5.41, 5.74) is 0.545. The summed E-state index contributed by atoms with van der Waals surface area (Å²) in [5.74, 6) is -3.15. The number of hydrogen-bond acceptors (Lipinski definition) is 3. The number of imidazole rings is 1. The Morgan fingerprint density at radius 3 is 2.64 bits per heavy atom. The zero-order chi connectivity index (χ0) is 18.0. The number of pyridine rings is 1. The van der Waals surface area contributed by atoms with Crippen molar-refractivity contribution in [3.05, 3.63) is 70.9 Å². The molecule has 0 radical (unpaired) electrons. The number of carbonyl (C=O) groups is 2. The lowest BCUT2D eigenvalue weighted by atomic mass is 9.99. The van der Waals surface area contributed by atoms with E-state index in [4.69, 9.17) is 11.6 Å². The molecule has 1 aromatic carbocycles. The molecule has 0 spiro atoms. The average molecular weight is 362 g/mol. The molecule has 128 valence electrons. The van der Waals surface area contributed by atoms with Crippen LogP contribution in [-0.2, 0) is 4.79 Å². The van der Waals surface area contributed by atoms with E-state index in [0.29, 0.717) is 10.6 Å². The Morgan fingerprint density at radius 1 is 1.28 bits per heavy atom. The molecular formula is C17H13ClFN3O3. The number of amides is 1. The number of nitrogens with one attached hydrogen (secondary N) is 1. The van der Waals surface area contributed by atoms with Crippen LogP contribution >= 0.6 is 11.6 Å². The monoisotopic (exact) mass is 361 g/mol. The molecule has 3 rings (SSSR count). The van der Waals surface area contributed by atoms with Crippen molar-refractivity contribution in [2.45, 2.75) is 5.92 Å². The highest BCUT2D eigenvalue weighted by Gasteiger charge is 2.22. The number of benzene rings is 1. The minimum absolute atomic E-state index is 0.00495. The van der Waals surface area contributed by atoms with Gasteiger partial charge in [-0.2, -0.15) is 0 Å². The molecule has 0 aliphatic rings. The maximum atomic E-state index is 13.6. The summed E-state index contributed by atoms with van der Waals surface area (Å²) in [7, 11) is 0. The van der Waals surface area contributed by atoms with Crippen molar-refractivity contribution in [2.24, 2.45) is 0 Å². The largest absolute Gasteiger partial charge is 0.481 e. The fourth-order valence-electron chi connectivity index (χ4n) is 2.42. The first-order valence-corrected chi connectivity index (χ1v) is 7.73. The number of fused-ring (bicyclic) bond motifs is 1. The second-order valence-electron chi connectivity index (χ2n) is 5.37. The van der Waals surface area contributed by atoms with Gasteiger partial charge in [-0.25, -0.2) is 9.37 Å². The van der Waals surface area contributed by atoms with Gasteiger partial charge in [-0.3, -0.25) is 9.59 Å². The molecule has 0 bridgehead atoms. The molecule has 6 nitrogen and oxygen atoms in total. The smallest absolute Gasteiger partial charge is 0.312 e. The summed E-state index contributed by atoms with van der Waals surface area (Å²) in [6.07, 6.45) is 2.95. The van der Waals surface area contributed by atoms with Crippen molar-refractivity contribution in [3.63, 3.8) is 0 Å². The van der Waals surface area contributed by atoms with Gasteiger partial charge < -0.3 is 14.8 Å². The maximum Gasteiger partial charge on any atom is 0.312 e. The van der Waals surface area contributed by atoms with E-state index in [0.717, 1.165) is 0 Å². The predicted molar refractivity (Wildman–Crippen MR) is 89.3 cm³/mol. The van der Waals surface area contributed by atoms with Gasteiger partial charge in [0.15, 0.2) is 11.5 Å². The molecule has 2 heterocycles. The SMILES string of the molecule is O=C(NCC(C(=O)O)c1ccc(Cl)cc1)c1cn2cccc(F)c2n1. The summed E-state index contributed by atoms with van der Waals surface area (Å²) in [5, 5.41) is 12.4. The highest BCUT2D eigenvalue weighted by molar-refractivity contribution is 6.30. The van der Waals surface area contributed by atoms with Gasteiger partial charge in [-0.1, -0.05) is 23.7 Å². The molecule has 0 aliphatic carbocycles. The molecule has 25 heavy (non-hydrogen) atoms. The molecular weight excluding hydrogens is 349 g/mol. The van der Waals surface area contributed by atoms with Gasteiger partial charge in [-0.05, 0) is 29.8 Å². The van der Waals surface area contributed by atoms with Crippen molar-refractivity contribution in [3.8, 4) is 0 Å². The van der Waals surface area contributed by atoms with E-state index in [1.807, 2.05) is 0 Å². The Balaban J connectivity index is 1.75. The second kappa shape index (κ2) is 6.90.